The summed E-state index contributed by atoms with van der Waals surface area (Å²) < 4.78 is 1.38. The summed E-state index contributed by atoms with van der Waals surface area (Å²) in [5, 5.41) is 15.6. The number of nitrogens with one attached hydrogen (secondary N) is 2. The maximum atomic E-state index is 12.7. The van der Waals surface area contributed by atoms with Crippen LogP contribution < -0.4 is 16.2 Å². The molecular weight excluding hydrogens is 332 g/mol. The van der Waals surface area contributed by atoms with Gasteiger partial charge in [0.05, 0.1) is 12.2 Å². The third-order valence-electron chi connectivity index (χ3n) is 4.91. The van der Waals surface area contributed by atoms with E-state index >= 15 is 0 Å². The predicted octanol–water partition coefficient (Wildman–Crippen LogP) is 2.18. The largest absolute Gasteiger partial charge is 0.480 e. The SMILES string of the molecule is O=C(O)Cn1c(C2CC2)ccc(NCc2ccc3c(n2)NCCC3)c1=O. The molecule has 0 aromatic carbocycles. The molecule has 136 valence electrons. The van der Waals surface area contributed by atoms with Crippen molar-refractivity contribution in [2.24, 2.45) is 0 Å². The van der Waals surface area contributed by atoms with Crippen molar-refractivity contribution in [3.8, 4) is 0 Å². The molecule has 1 aliphatic heterocycles. The summed E-state index contributed by atoms with van der Waals surface area (Å²) in [4.78, 5) is 28.5. The number of fused-ring (bicyclic) bond motifs is 1. The molecule has 0 saturated heterocycles. The molecule has 0 atom stereocenters. The monoisotopic (exact) mass is 354 g/mol. The van der Waals surface area contributed by atoms with E-state index in [2.05, 4.69) is 21.7 Å². The Bertz CT molecular complexity index is 902. The van der Waals surface area contributed by atoms with Gasteiger partial charge in [-0.15, -0.1) is 0 Å². The molecule has 3 heterocycles. The second kappa shape index (κ2) is 6.82. The Labute approximate surface area is 151 Å². The van der Waals surface area contributed by atoms with Crippen LogP contribution in [0.25, 0.3) is 0 Å². The molecule has 1 saturated carbocycles. The van der Waals surface area contributed by atoms with E-state index in [9.17, 15) is 9.59 Å². The molecule has 0 spiro atoms. The number of anilines is 2. The van der Waals surface area contributed by atoms with Crippen molar-refractivity contribution in [1.82, 2.24) is 9.55 Å². The first-order valence-electron chi connectivity index (χ1n) is 9.04. The van der Waals surface area contributed by atoms with E-state index in [4.69, 9.17) is 5.11 Å². The molecule has 0 amide bonds. The minimum absolute atomic E-state index is 0.284. The van der Waals surface area contributed by atoms with Crippen LogP contribution in [0.3, 0.4) is 0 Å². The maximum Gasteiger partial charge on any atom is 0.323 e. The van der Waals surface area contributed by atoms with Gasteiger partial charge in [0.1, 0.15) is 18.1 Å². The van der Waals surface area contributed by atoms with E-state index in [0.29, 0.717) is 18.2 Å². The van der Waals surface area contributed by atoms with E-state index in [-0.39, 0.29) is 12.1 Å². The van der Waals surface area contributed by atoms with Crippen molar-refractivity contribution in [2.75, 3.05) is 17.2 Å². The van der Waals surface area contributed by atoms with Crippen molar-refractivity contribution >= 4 is 17.5 Å². The zero-order valence-electron chi connectivity index (χ0n) is 14.5. The van der Waals surface area contributed by atoms with Gasteiger partial charge in [-0.2, -0.15) is 0 Å². The Balaban J connectivity index is 1.54. The van der Waals surface area contributed by atoms with E-state index in [1.807, 2.05) is 12.1 Å². The molecule has 2 aromatic heterocycles. The van der Waals surface area contributed by atoms with Gasteiger partial charge < -0.3 is 15.7 Å². The summed E-state index contributed by atoms with van der Waals surface area (Å²) in [5.74, 6) is 0.223. The molecule has 7 nitrogen and oxygen atoms in total. The topological polar surface area (TPSA) is 96.2 Å². The molecule has 2 aromatic rings. The van der Waals surface area contributed by atoms with Crippen molar-refractivity contribution in [1.29, 1.82) is 0 Å². The number of carboxylic acid groups (broad SMARTS) is 1. The third kappa shape index (κ3) is 3.42. The summed E-state index contributed by atoms with van der Waals surface area (Å²) in [6.07, 6.45) is 4.17. The number of aliphatic carboxylic acids is 1. The Hall–Kier alpha value is -2.83. The molecule has 1 fully saturated rings. The summed E-state index contributed by atoms with van der Waals surface area (Å²) in [6.45, 7) is 1.04. The number of hydrogen-bond acceptors (Lipinski definition) is 5. The second-order valence-corrected chi connectivity index (χ2v) is 6.93. The summed E-state index contributed by atoms with van der Waals surface area (Å²) in [7, 11) is 0. The summed E-state index contributed by atoms with van der Waals surface area (Å²) >= 11 is 0. The van der Waals surface area contributed by atoms with Crippen LogP contribution >= 0.6 is 0 Å². The average molecular weight is 354 g/mol. The van der Waals surface area contributed by atoms with Crippen LogP contribution in [-0.4, -0.2) is 27.2 Å². The van der Waals surface area contributed by atoms with Gasteiger partial charge in [-0.1, -0.05) is 6.07 Å². The van der Waals surface area contributed by atoms with Gasteiger partial charge in [0.2, 0.25) is 0 Å². The van der Waals surface area contributed by atoms with E-state index in [0.717, 1.165) is 49.4 Å². The standard InChI is InChI=1S/C19H22N4O3/c24-17(25)11-23-16(12-3-4-12)8-7-15(19(23)26)21-10-14-6-5-13-2-1-9-20-18(13)22-14/h5-8,12,21H,1-4,9-11H2,(H,20,22)(H,24,25). The normalized spacial score (nSPS) is 15.8. The van der Waals surface area contributed by atoms with Crippen molar-refractivity contribution in [3.63, 3.8) is 0 Å². The summed E-state index contributed by atoms with van der Waals surface area (Å²) in [6, 6.07) is 7.66. The molecule has 0 unspecified atom stereocenters. The first-order valence-corrected chi connectivity index (χ1v) is 9.04. The zero-order valence-corrected chi connectivity index (χ0v) is 14.5. The van der Waals surface area contributed by atoms with Gasteiger partial charge in [0, 0.05) is 12.2 Å². The van der Waals surface area contributed by atoms with Crippen molar-refractivity contribution in [3.05, 3.63) is 51.6 Å². The van der Waals surface area contributed by atoms with Crippen LogP contribution in [0.4, 0.5) is 11.5 Å². The highest BCUT2D eigenvalue weighted by molar-refractivity contribution is 5.67. The lowest BCUT2D eigenvalue weighted by Gasteiger charge is -2.18. The number of rotatable bonds is 6. The number of aryl methyl sites for hydroxylation is 1. The Morgan fingerprint density at radius 3 is 2.92 bits per heavy atom. The second-order valence-electron chi connectivity index (χ2n) is 6.93. The predicted molar refractivity (Wildman–Crippen MR) is 98.7 cm³/mol. The molecule has 0 bridgehead atoms. The molecule has 4 rings (SSSR count). The van der Waals surface area contributed by atoms with Gasteiger partial charge >= 0.3 is 5.97 Å². The maximum absolute atomic E-state index is 12.7. The Kier molecular flexibility index (Phi) is 4.36. The highest BCUT2D eigenvalue weighted by Crippen LogP contribution is 2.39. The molecule has 0 radical (unpaired) electrons. The molecule has 1 aliphatic carbocycles. The zero-order chi connectivity index (χ0) is 18.1. The lowest BCUT2D eigenvalue weighted by molar-refractivity contribution is -0.137. The van der Waals surface area contributed by atoms with Crippen molar-refractivity contribution in [2.45, 2.75) is 44.7 Å². The van der Waals surface area contributed by atoms with Gasteiger partial charge in [-0.05, 0) is 55.4 Å². The fourth-order valence-electron chi connectivity index (χ4n) is 3.41. The van der Waals surface area contributed by atoms with Gasteiger partial charge in [-0.25, -0.2) is 4.98 Å². The molecule has 2 aliphatic rings. The Morgan fingerprint density at radius 2 is 2.15 bits per heavy atom. The van der Waals surface area contributed by atoms with E-state index in [1.54, 1.807) is 6.07 Å². The highest BCUT2D eigenvalue weighted by atomic mass is 16.4. The van der Waals surface area contributed by atoms with Crippen LogP contribution in [0, 0.1) is 0 Å². The van der Waals surface area contributed by atoms with Gasteiger partial charge in [0.25, 0.3) is 5.56 Å². The first kappa shape index (κ1) is 16.6. The smallest absolute Gasteiger partial charge is 0.323 e. The van der Waals surface area contributed by atoms with Gasteiger partial charge in [0.15, 0.2) is 0 Å². The van der Waals surface area contributed by atoms with Crippen LogP contribution in [0.1, 0.15) is 42.1 Å². The van der Waals surface area contributed by atoms with Crippen LogP contribution in [0.5, 0.6) is 0 Å². The minimum atomic E-state index is -1.01. The van der Waals surface area contributed by atoms with E-state index < -0.39 is 5.97 Å². The van der Waals surface area contributed by atoms with E-state index in [1.165, 1.54) is 10.1 Å². The van der Waals surface area contributed by atoms with Crippen LogP contribution in [0.2, 0.25) is 0 Å². The molecule has 7 heteroatoms. The lowest BCUT2D eigenvalue weighted by atomic mass is 10.1. The fourth-order valence-corrected chi connectivity index (χ4v) is 3.41. The number of carboxylic acids is 1. The number of carbonyl (C=O) groups is 1. The average Bonchev–Trinajstić information content (AvgIpc) is 3.47. The van der Waals surface area contributed by atoms with Crippen molar-refractivity contribution < 1.29 is 9.90 Å². The highest BCUT2D eigenvalue weighted by Gasteiger charge is 2.28. The Morgan fingerprint density at radius 1 is 1.31 bits per heavy atom. The first-order chi connectivity index (χ1) is 12.6. The number of aromatic nitrogens is 2. The minimum Gasteiger partial charge on any atom is -0.480 e. The molecule has 26 heavy (non-hydrogen) atoms. The van der Waals surface area contributed by atoms with Crippen LogP contribution in [-0.2, 0) is 24.3 Å². The molecule has 3 N–H and O–H groups in total. The van der Waals surface area contributed by atoms with Gasteiger partial charge in [-0.3, -0.25) is 14.2 Å². The fraction of sp³-hybridized carbons (Fsp3) is 0.421. The number of pyridine rings is 2. The third-order valence-corrected chi connectivity index (χ3v) is 4.91. The number of nitrogens with zero attached hydrogens (tertiary/aromatic N) is 2. The number of hydrogen-bond donors (Lipinski definition) is 3. The quantitative estimate of drug-likeness (QED) is 0.736. The summed E-state index contributed by atoms with van der Waals surface area (Å²) in [5.41, 5.74) is 3.00. The van der Waals surface area contributed by atoms with Crippen LogP contribution in [0.15, 0.2) is 29.1 Å². The molecular formula is C19H22N4O3. The lowest BCUT2D eigenvalue weighted by Crippen LogP contribution is -2.29.